The molecule has 0 aromatic rings. The van der Waals surface area contributed by atoms with Crippen molar-refractivity contribution in [2.24, 2.45) is 0 Å². The Morgan fingerprint density at radius 2 is 1.58 bits per heavy atom. The zero-order valence-electron chi connectivity index (χ0n) is 11.7. The van der Waals surface area contributed by atoms with Gasteiger partial charge in [0.2, 0.25) is 5.76 Å². The predicted octanol–water partition coefficient (Wildman–Crippen LogP) is 5.14. The topological polar surface area (TPSA) is 26.3 Å². The number of rotatable bonds is 9. The Kier molecular flexibility index (Phi) is 9.35. The SMILES string of the molecule is CCCCCCCCCC=C(OC(C)=O)C(F)(F)F. The van der Waals surface area contributed by atoms with E-state index in [1.165, 1.54) is 19.3 Å². The first-order chi connectivity index (χ1) is 8.88. The van der Waals surface area contributed by atoms with Crippen LogP contribution in [-0.2, 0) is 9.53 Å². The first kappa shape index (κ1) is 18.0. The van der Waals surface area contributed by atoms with Gasteiger partial charge >= 0.3 is 12.1 Å². The van der Waals surface area contributed by atoms with Gasteiger partial charge in [0.15, 0.2) is 0 Å². The van der Waals surface area contributed by atoms with E-state index in [0.717, 1.165) is 32.3 Å². The smallest absolute Gasteiger partial charge is 0.422 e. The fourth-order valence-electron chi connectivity index (χ4n) is 1.70. The van der Waals surface area contributed by atoms with Gasteiger partial charge in [0.1, 0.15) is 0 Å². The van der Waals surface area contributed by atoms with Crippen molar-refractivity contribution in [3.05, 3.63) is 11.8 Å². The lowest BCUT2D eigenvalue weighted by molar-refractivity contribution is -0.158. The van der Waals surface area contributed by atoms with Crippen LogP contribution in [0.1, 0.15) is 65.2 Å². The Morgan fingerprint density at radius 1 is 1.05 bits per heavy atom. The third-order valence-electron chi connectivity index (χ3n) is 2.67. The van der Waals surface area contributed by atoms with Crippen molar-refractivity contribution in [3.8, 4) is 0 Å². The normalized spacial score (nSPS) is 12.6. The van der Waals surface area contributed by atoms with Crippen molar-refractivity contribution < 1.29 is 22.7 Å². The van der Waals surface area contributed by atoms with Gasteiger partial charge in [-0.1, -0.05) is 45.4 Å². The quantitative estimate of drug-likeness (QED) is 0.332. The minimum atomic E-state index is -4.59. The molecule has 0 aliphatic carbocycles. The Hall–Kier alpha value is -1.00. The second-order valence-electron chi connectivity index (χ2n) is 4.57. The lowest BCUT2D eigenvalue weighted by Crippen LogP contribution is -2.17. The molecule has 0 heterocycles. The van der Waals surface area contributed by atoms with E-state index in [2.05, 4.69) is 11.7 Å². The lowest BCUT2D eigenvalue weighted by atomic mass is 10.1. The highest BCUT2D eigenvalue weighted by atomic mass is 19.4. The summed E-state index contributed by atoms with van der Waals surface area (Å²) in [5, 5.41) is 0. The second kappa shape index (κ2) is 9.87. The molecular weight excluding hydrogens is 257 g/mol. The maximum absolute atomic E-state index is 12.4. The predicted molar refractivity (Wildman–Crippen MR) is 68.5 cm³/mol. The van der Waals surface area contributed by atoms with Gasteiger partial charge in [-0.05, 0) is 18.9 Å². The van der Waals surface area contributed by atoms with E-state index < -0.39 is 17.9 Å². The van der Waals surface area contributed by atoms with Crippen LogP contribution in [0, 0.1) is 0 Å². The van der Waals surface area contributed by atoms with E-state index in [0.29, 0.717) is 6.42 Å². The molecule has 2 nitrogen and oxygen atoms in total. The van der Waals surface area contributed by atoms with E-state index >= 15 is 0 Å². The Morgan fingerprint density at radius 3 is 2.05 bits per heavy atom. The molecule has 0 unspecified atom stereocenters. The van der Waals surface area contributed by atoms with Gasteiger partial charge in [-0.3, -0.25) is 4.79 Å². The summed E-state index contributed by atoms with van der Waals surface area (Å²) in [6.07, 6.45) is 4.02. The molecule has 0 aromatic carbocycles. The molecule has 19 heavy (non-hydrogen) atoms. The third kappa shape index (κ3) is 10.6. The molecule has 5 heteroatoms. The summed E-state index contributed by atoms with van der Waals surface area (Å²) < 4.78 is 41.5. The first-order valence-corrected chi connectivity index (χ1v) is 6.83. The molecular formula is C14H23F3O2. The molecule has 0 saturated heterocycles. The third-order valence-corrected chi connectivity index (χ3v) is 2.67. The summed E-state index contributed by atoms with van der Waals surface area (Å²) >= 11 is 0. The molecule has 0 rings (SSSR count). The minimum Gasteiger partial charge on any atom is -0.422 e. The molecule has 0 spiro atoms. The van der Waals surface area contributed by atoms with Crippen LogP contribution in [0.5, 0.6) is 0 Å². The summed E-state index contributed by atoms with van der Waals surface area (Å²) in [7, 11) is 0. The average molecular weight is 280 g/mol. The molecule has 0 N–H and O–H groups in total. The van der Waals surface area contributed by atoms with Crippen molar-refractivity contribution in [2.75, 3.05) is 0 Å². The summed E-state index contributed by atoms with van der Waals surface area (Å²) in [5.41, 5.74) is 0. The summed E-state index contributed by atoms with van der Waals surface area (Å²) in [5.74, 6) is -2.13. The van der Waals surface area contributed by atoms with Crippen molar-refractivity contribution in [2.45, 2.75) is 71.4 Å². The highest BCUT2D eigenvalue weighted by molar-refractivity contribution is 5.67. The van der Waals surface area contributed by atoms with Gasteiger partial charge in [-0.15, -0.1) is 0 Å². The van der Waals surface area contributed by atoms with Crippen molar-refractivity contribution in [3.63, 3.8) is 0 Å². The Bertz CT molecular complexity index is 283. The molecule has 0 radical (unpaired) electrons. The van der Waals surface area contributed by atoms with Gasteiger partial charge < -0.3 is 4.74 Å². The number of unbranched alkanes of at least 4 members (excludes halogenated alkanes) is 7. The maximum Gasteiger partial charge on any atom is 0.449 e. The molecule has 0 fully saturated rings. The molecule has 0 amide bonds. The van der Waals surface area contributed by atoms with E-state index in [9.17, 15) is 18.0 Å². The summed E-state index contributed by atoms with van der Waals surface area (Å²) in [4.78, 5) is 10.6. The number of hydrogen-bond acceptors (Lipinski definition) is 2. The summed E-state index contributed by atoms with van der Waals surface area (Å²) in [6, 6.07) is 0. The number of halogens is 3. The fourth-order valence-corrected chi connectivity index (χ4v) is 1.70. The molecule has 0 bridgehead atoms. The number of esters is 1. The number of alkyl halides is 3. The van der Waals surface area contributed by atoms with Crippen LogP contribution < -0.4 is 0 Å². The first-order valence-electron chi connectivity index (χ1n) is 6.83. The van der Waals surface area contributed by atoms with Crippen LogP contribution in [0.25, 0.3) is 0 Å². The summed E-state index contributed by atoms with van der Waals surface area (Å²) in [6.45, 7) is 3.10. The monoisotopic (exact) mass is 280 g/mol. The zero-order chi connectivity index (χ0) is 14.7. The van der Waals surface area contributed by atoms with Crippen LogP contribution >= 0.6 is 0 Å². The highest BCUT2D eigenvalue weighted by Gasteiger charge is 2.36. The zero-order valence-corrected chi connectivity index (χ0v) is 11.7. The average Bonchev–Trinajstić information content (AvgIpc) is 2.29. The van der Waals surface area contributed by atoms with E-state index in [1.807, 2.05) is 0 Å². The van der Waals surface area contributed by atoms with Crippen LogP contribution in [0.15, 0.2) is 11.8 Å². The van der Waals surface area contributed by atoms with Gasteiger partial charge in [-0.25, -0.2) is 0 Å². The Balaban J connectivity index is 3.89. The van der Waals surface area contributed by atoms with Gasteiger partial charge in [0.05, 0.1) is 0 Å². The van der Waals surface area contributed by atoms with Crippen molar-refractivity contribution in [1.82, 2.24) is 0 Å². The van der Waals surface area contributed by atoms with E-state index in [4.69, 9.17) is 0 Å². The largest absolute Gasteiger partial charge is 0.449 e. The molecule has 112 valence electrons. The van der Waals surface area contributed by atoms with Gasteiger partial charge in [0.25, 0.3) is 0 Å². The van der Waals surface area contributed by atoms with E-state index in [-0.39, 0.29) is 6.42 Å². The van der Waals surface area contributed by atoms with Gasteiger partial charge in [0, 0.05) is 6.92 Å². The molecule has 0 saturated carbocycles. The van der Waals surface area contributed by atoms with E-state index in [1.54, 1.807) is 0 Å². The molecule has 0 aliphatic rings. The number of carbonyl (C=O) groups excluding carboxylic acids is 1. The number of carbonyl (C=O) groups is 1. The lowest BCUT2D eigenvalue weighted by Gasteiger charge is -2.10. The molecule has 0 atom stereocenters. The van der Waals surface area contributed by atoms with Gasteiger partial charge in [-0.2, -0.15) is 13.2 Å². The highest BCUT2D eigenvalue weighted by Crippen LogP contribution is 2.27. The van der Waals surface area contributed by atoms with Crippen LogP contribution in [0.3, 0.4) is 0 Å². The van der Waals surface area contributed by atoms with Crippen LogP contribution in [0.2, 0.25) is 0 Å². The number of ether oxygens (including phenoxy) is 1. The fraction of sp³-hybridized carbons (Fsp3) is 0.786. The maximum atomic E-state index is 12.4. The standard InChI is InChI=1S/C14H23F3O2/c1-3-4-5-6-7-8-9-10-11-13(14(15,16)17)19-12(2)18/h11H,3-10H2,1-2H3. The minimum absolute atomic E-state index is 0.288. The number of hydrogen-bond donors (Lipinski definition) is 0. The van der Waals surface area contributed by atoms with Crippen molar-refractivity contribution in [1.29, 1.82) is 0 Å². The Labute approximate surface area is 113 Å². The molecule has 0 aliphatic heterocycles. The van der Waals surface area contributed by atoms with Crippen molar-refractivity contribution >= 4 is 5.97 Å². The van der Waals surface area contributed by atoms with Crippen LogP contribution in [0.4, 0.5) is 13.2 Å². The molecule has 0 aromatic heterocycles. The number of allylic oxidation sites excluding steroid dienone is 2. The van der Waals surface area contributed by atoms with Crippen LogP contribution in [-0.4, -0.2) is 12.1 Å². The second-order valence-corrected chi connectivity index (χ2v) is 4.57.